The number of nitrogens with one attached hydrogen (secondary N) is 2. The molecule has 0 bridgehead atoms. The molecule has 0 saturated carbocycles. The number of amides is 1. The van der Waals surface area contributed by atoms with Crippen molar-refractivity contribution >= 4 is 15.9 Å². The second-order valence-corrected chi connectivity index (χ2v) is 8.62. The van der Waals surface area contributed by atoms with Gasteiger partial charge in [-0.05, 0) is 43.1 Å². The molecular formula is C20H25N3O3S. The summed E-state index contributed by atoms with van der Waals surface area (Å²) in [5, 5.41) is 3.24. The molecule has 1 unspecified atom stereocenters. The van der Waals surface area contributed by atoms with Crippen LogP contribution in [0.1, 0.15) is 27.9 Å². The molecule has 27 heavy (non-hydrogen) atoms. The molecule has 0 aliphatic carbocycles. The number of benzene rings is 2. The van der Waals surface area contributed by atoms with Crippen LogP contribution in [-0.2, 0) is 16.6 Å². The van der Waals surface area contributed by atoms with Gasteiger partial charge in [0.2, 0.25) is 10.0 Å². The summed E-state index contributed by atoms with van der Waals surface area (Å²) in [6.07, 6.45) is 0.901. The van der Waals surface area contributed by atoms with Crippen molar-refractivity contribution in [2.75, 3.05) is 20.1 Å². The van der Waals surface area contributed by atoms with Gasteiger partial charge in [-0.1, -0.05) is 36.4 Å². The van der Waals surface area contributed by atoms with E-state index in [0.717, 1.165) is 30.6 Å². The van der Waals surface area contributed by atoms with Crippen molar-refractivity contribution in [3.8, 4) is 0 Å². The van der Waals surface area contributed by atoms with Gasteiger partial charge in [0, 0.05) is 31.7 Å². The minimum absolute atomic E-state index is 0.102. The zero-order valence-corrected chi connectivity index (χ0v) is 16.4. The Bertz CT molecular complexity index is 907. The molecule has 7 heteroatoms. The maximum atomic E-state index is 12.9. The number of aryl methyl sites for hydroxylation is 1. The van der Waals surface area contributed by atoms with Crippen molar-refractivity contribution in [1.82, 2.24) is 14.9 Å². The van der Waals surface area contributed by atoms with Crippen LogP contribution in [-0.4, -0.2) is 45.4 Å². The average Bonchev–Trinajstić information content (AvgIpc) is 3.21. The molecule has 1 heterocycles. The van der Waals surface area contributed by atoms with Crippen LogP contribution >= 0.6 is 0 Å². The van der Waals surface area contributed by atoms with Crippen LogP contribution in [0, 0.1) is 6.92 Å². The third-order valence-corrected chi connectivity index (χ3v) is 6.36. The highest BCUT2D eigenvalue weighted by Gasteiger charge is 2.26. The van der Waals surface area contributed by atoms with Gasteiger partial charge in [0.15, 0.2) is 0 Å². The first-order valence-electron chi connectivity index (χ1n) is 9.00. The van der Waals surface area contributed by atoms with E-state index < -0.39 is 10.0 Å². The second kappa shape index (κ2) is 8.21. The Morgan fingerprint density at radius 1 is 1.22 bits per heavy atom. The summed E-state index contributed by atoms with van der Waals surface area (Å²) < 4.78 is 27.9. The molecule has 0 radical (unpaired) electrons. The molecule has 0 spiro atoms. The van der Waals surface area contributed by atoms with Gasteiger partial charge in [-0.2, -0.15) is 0 Å². The molecule has 3 rings (SSSR count). The lowest BCUT2D eigenvalue weighted by molar-refractivity contribution is 0.0743. The molecule has 1 saturated heterocycles. The lowest BCUT2D eigenvalue weighted by Gasteiger charge is -2.24. The van der Waals surface area contributed by atoms with E-state index >= 15 is 0 Å². The standard InChI is InChI=1S/C20H25N3O3S/c1-15-8-9-18(27(25,26)22-13-16-6-4-3-5-7-16)12-19(15)20(24)23(2)17-10-11-21-14-17/h3-9,12,17,21-22H,10-11,13-14H2,1-2H3. The van der Waals surface area contributed by atoms with E-state index in [2.05, 4.69) is 10.0 Å². The summed E-state index contributed by atoms with van der Waals surface area (Å²) in [7, 11) is -1.94. The van der Waals surface area contributed by atoms with Crippen molar-refractivity contribution in [3.63, 3.8) is 0 Å². The third-order valence-electron chi connectivity index (χ3n) is 4.96. The highest BCUT2D eigenvalue weighted by molar-refractivity contribution is 7.89. The van der Waals surface area contributed by atoms with Gasteiger partial charge in [-0.15, -0.1) is 0 Å². The van der Waals surface area contributed by atoms with E-state index in [0.29, 0.717) is 5.56 Å². The molecule has 1 aliphatic heterocycles. The number of hydrogen-bond donors (Lipinski definition) is 2. The van der Waals surface area contributed by atoms with Crippen LogP contribution in [0.15, 0.2) is 53.4 Å². The number of sulfonamides is 1. The topological polar surface area (TPSA) is 78.5 Å². The second-order valence-electron chi connectivity index (χ2n) is 6.85. The molecule has 1 fully saturated rings. The Hall–Kier alpha value is -2.22. The molecular weight excluding hydrogens is 362 g/mol. The first kappa shape index (κ1) is 19.5. The zero-order chi connectivity index (χ0) is 19.4. The number of carbonyl (C=O) groups is 1. The summed E-state index contributed by atoms with van der Waals surface area (Å²) in [6.45, 7) is 3.67. The van der Waals surface area contributed by atoms with Gasteiger partial charge >= 0.3 is 0 Å². The first-order valence-corrected chi connectivity index (χ1v) is 10.5. The molecule has 2 aromatic carbocycles. The Balaban J connectivity index is 1.80. The smallest absolute Gasteiger partial charge is 0.254 e. The number of rotatable bonds is 6. The predicted molar refractivity (Wildman–Crippen MR) is 105 cm³/mol. The molecule has 144 valence electrons. The summed E-state index contributed by atoms with van der Waals surface area (Å²) in [5.74, 6) is -0.152. The van der Waals surface area contributed by atoms with E-state index in [1.54, 1.807) is 18.0 Å². The van der Waals surface area contributed by atoms with Gasteiger partial charge in [0.1, 0.15) is 0 Å². The van der Waals surface area contributed by atoms with Crippen LogP contribution in [0.4, 0.5) is 0 Å². The lowest BCUT2D eigenvalue weighted by Crippen LogP contribution is -2.38. The SMILES string of the molecule is Cc1ccc(S(=O)(=O)NCc2ccccc2)cc1C(=O)N(C)C1CCNC1. The largest absolute Gasteiger partial charge is 0.337 e. The fourth-order valence-corrected chi connectivity index (χ4v) is 4.23. The quantitative estimate of drug-likeness (QED) is 0.794. The highest BCUT2D eigenvalue weighted by Crippen LogP contribution is 2.19. The van der Waals surface area contributed by atoms with Crippen LogP contribution < -0.4 is 10.0 Å². The number of carbonyl (C=O) groups excluding carboxylic acids is 1. The molecule has 1 atom stereocenters. The number of nitrogens with zero attached hydrogens (tertiary/aromatic N) is 1. The van der Waals surface area contributed by atoms with E-state index in [4.69, 9.17) is 0 Å². The zero-order valence-electron chi connectivity index (χ0n) is 15.6. The molecule has 1 amide bonds. The Morgan fingerprint density at radius 2 is 1.96 bits per heavy atom. The normalized spacial score (nSPS) is 17.0. The maximum absolute atomic E-state index is 12.9. The van der Waals surface area contributed by atoms with Crippen molar-refractivity contribution in [3.05, 3.63) is 65.2 Å². The minimum Gasteiger partial charge on any atom is -0.337 e. The van der Waals surface area contributed by atoms with Crippen molar-refractivity contribution in [2.45, 2.75) is 30.8 Å². The van der Waals surface area contributed by atoms with Crippen molar-refractivity contribution in [1.29, 1.82) is 0 Å². The molecule has 6 nitrogen and oxygen atoms in total. The van der Waals surface area contributed by atoms with Crippen LogP contribution in [0.3, 0.4) is 0 Å². The Kier molecular flexibility index (Phi) is 5.94. The van der Waals surface area contributed by atoms with E-state index in [9.17, 15) is 13.2 Å². The van der Waals surface area contributed by atoms with Gasteiger partial charge in [-0.3, -0.25) is 4.79 Å². The average molecular weight is 388 g/mol. The number of hydrogen-bond acceptors (Lipinski definition) is 4. The fraction of sp³-hybridized carbons (Fsp3) is 0.350. The summed E-state index contributed by atoms with van der Waals surface area (Å²) in [5.41, 5.74) is 2.06. The molecule has 2 aromatic rings. The molecule has 0 aromatic heterocycles. The Labute approximate surface area is 160 Å². The van der Waals surface area contributed by atoms with E-state index in [1.807, 2.05) is 37.3 Å². The molecule has 2 N–H and O–H groups in total. The van der Waals surface area contributed by atoms with Crippen molar-refractivity contribution in [2.24, 2.45) is 0 Å². The minimum atomic E-state index is -3.71. The number of likely N-dealkylation sites (N-methyl/N-ethyl adjacent to an activating group) is 1. The van der Waals surface area contributed by atoms with Gasteiger partial charge in [0.25, 0.3) is 5.91 Å². The van der Waals surface area contributed by atoms with Crippen molar-refractivity contribution < 1.29 is 13.2 Å². The van der Waals surface area contributed by atoms with Crippen LogP contribution in [0.5, 0.6) is 0 Å². The first-order chi connectivity index (χ1) is 12.9. The van der Waals surface area contributed by atoms with Crippen LogP contribution in [0.25, 0.3) is 0 Å². The highest BCUT2D eigenvalue weighted by atomic mass is 32.2. The van der Waals surface area contributed by atoms with Crippen LogP contribution in [0.2, 0.25) is 0 Å². The summed E-state index contributed by atoms with van der Waals surface area (Å²) in [4.78, 5) is 14.7. The van der Waals surface area contributed by atoms with Gasteiger partial charge in [0.05, 0.1) is 4.90 Å². The predicted octanol–water partition coefficient (Wildman–Crippen LogP) is 1.91. The Morgan fingerprint density at radius 3 is 2.63 bits per heavy atom. The third kappa shape index (κ3) is 4.55. The van der Waals surface area contributed by atoms with E-state index in [1.165, 1.54) is 12.1 Å². The van der Waals surface area contributed by atoms with Gasteiger partial charge in [-0.25, -0.2) is 13.1 Å². The van der Waals surface area contributed by atoms with E-state index in [-0.39, 0.29) is 23.4 Å². The fourth-order valence-electron chi connectivity index (χ4n) is 3.18. The lowest BCUT2D eigenvalue weighted by atomic mass is 10.1. The summed E-state index contributed by atoms with van der Waals surface area (Å²) >= 11 is 0. The van der Waals surface area contributed by atoms with Gasteiger partial charge < -0.3 is 10.2 Å². The maximum Gasteiger partial charge on any atom is 0.254 e. The monoisotopic (exact) mass is 387 g/mol. The molecule has 1 aliphatic rings. The summed E-state index contributed by atoms with van der Waals surface area (Å²) in [6, 6.07) is 14.2.